The minimum absolute atomic E-state index is 0.0119. The van der Waals surface area contributed by atoms with Crippen molar-refractivity contribution in [2.75, 3.05) is 26.3 Å². The molecule has 4 atom stereocenters. The van der Waals surface area contributed by atoms with Crippen molar-refractivity contribution < 1.29 is 23.9 Å². The zero-order valence-corrected chi connectivity index (χ0v) is 30.4. The molecule has 52 heavy (non-hydrogen) atoms. The van der Waals surface area contributed by atoms with Gasteiger partial charge < -0.3 is 41.9 Å². The van der Waals surface area contributed by atoms with Gasteiger partial charge in [-0.2, -0.15) is 0 Å². The summed E-state index contributed by atoms with van der Waals surface area (Å²) in [5.41, 5.74) is 16.0. The quantitative estimate of drug-likeness (QED) is 0.0434. The fourth-order valence-corrected chi connectivity index (χ4v) is 5.96. The lowest BCUT2D eigenvalue weighted by molar-refractivity contribution is -0.136. The van der Waals surface area contributed by atoms with E-state index in [4.69, 9.17) is 20.9 Å². The van der Waals surface area contributed by atoms with Crippen LogP contribution in [0.15, 0.2) is 89.9 Å². The number of nitrogens with zero attached hydrogens (tertiary/aromatic N) is 1. The molecule has 0 aliphatic heterocycles. The number of aromatic nitrogens is 1. The molecule has 1 heterocycles. The van der Waals surface area contributed by atoms with E-state index in [1.165, 1.54) is 6.92 Å². The number of ether oxygens (including phenoxy) is 2. The Labute approximate surface area is 306 Å². The number of nitrogens with two attached hydrogens (primary N) is 2. The number of guanidine groups is 1. The van der Waals surface area contributed by atoms with Gasteiger partial charge in [0.05, 0.1) is 25.3 Å². The van der Waals surface area contributed by atoms with Crippen molar-refractivity contribution in [3.63, 3.8) is 0 Å². The number of aliphatic imine (C=N–C) groups is 1. The molecule has 12 nitrogen and oxygen atoms in total. The van der Waals surface area contributed by atoms with Crippen molar-refractivity contribution in [2.45, 2.75) is 77.2 Å². The molecule has 3 amide bonds. The number of fused-ring (bicyclic) bond motifs is 1. The average molecular weight is 712 g/mol. The number of H-pyrrole nitrogens is 1. The van der Waals surface area contributed by atoms with Crippen LogP contribution < -0.4 is 27.4 Å². The van der Waals surface area contributed by atoms with Crippen LogP contribution in [0.25, 0.3) is 10.9 Å². The number of hydrogen-bond donors (Lipinski definition) is 6. The number of nitrogens with one attached hydrogen (secondary N) is 4. The van der Waals surface area contributed by atoms with Crippen LogP contribution in [0.1, 0.15) is 49.1 Å². The van der Waals surface area contributed by atoms with Gasteiger partial charge in [0.25, 0.3) is 0 Å². The highest BCUT2D eigenvalue weighted by Gasteiger charge is 2.27. The number of hydrogen-bond acceptors (Lipinski definition) is 6. The van der Waals surface area contributed by atoms with E-state index in [9.17, 15) is 14.4 Å². The first-order valence-corrected chi connectivity index (χ1v) is 17.9. The largest absolute Gasteiger partial charge is 0.370 e. The number of rotatable bonds is 21. The molecule has 0 aliphatic carbocycles. The van der Waals surface area contributed by atoms with E-state index in [1.54, 1.807) is 0 Å². The number of aromatic amines is 1. The van der Waals surface area contributed by atoms with Crippen molar-refractivity contribution in [2.24, 2.45) is 16.5 Å². The molecule has 4 rings (SSSR count). The van der Waals surface area contributed by atoms with Crippen LogP contribution in [0, 0.1) is 6.92 Å². The fraction of sp³-hybridized carbons (Fsp3) is 0.400. The zero-order chi connectivity index (χ0) is 37.3. The number of benzene rings is 3. The summed E-state index contributed by atoms with van der Waals surface area (Å²) >= 11 is 0. The third kappa shape index (κ3) is 13.5. The second kappa shape index (κ2) is 20.6. The van der Waals surface area contributed by atoms with Crippen molar-refractivity contribution in [1.82, 2.24) is 20.9 Å². The number of amides is 3. The van der Waals surface area contributed by atoms with Gasteiger partial charge in [0.15, 0.2) is 5.96 Å². The summed E-state index contributed by atoms with van der Waals surface area (Å²) in [5.74, 6) is -0.768. The molecule has 0 aliphatic rings. The predicted molar refractivity (Wildman–Crippen MR) is 205 cm³/mol. The van der Waals surface area contributed by atoms with E-state index in [0.717, 1.165) is 33.3 Å². The van der Waals surface area contributed by atoms with Gasteiger partial charge in [0, 0.05) is 44.1 Å². The molecule has 0 spiro atoms. The first-order valence-electron chi connectivity index (χ1n) is 17.9. The summed E-state index contributed by atoms with van der Waals surface area (Å²) in [6, 6.07) is 26.8. The van der Waals surface area contributed by atoms with Crippen LogP contribution in [0.3, 0.4) is 0 Å². The molecule has 3 aromatic carbocycles. The van der Waals surface area contributed by atoms with E-state index in [2.05, 4.69) is 25.9 Å². The Hall–Kier alpha value is -5.20. The van der Waals surface area contributed by atoms with Gasteiger partial charge >= 0.3 is 0 Å². The summed E-state index contributed by atoms with van der Waals surface area (Å²) in [7, 11) is 0. The molecule has 0 radical (unpaired) electrons. The normalized spacial score (nSPS) is 13.4. The SMILES string of the molecule is CCNC(=O)[C@H](Cc1cc2ccccc2[nH]1)OC[C@H](CCCN=C(N)N)NC(=O)[C@@H](Cc1ccccc1)OC[C@H](Cc1ccc(C)cc1)NC(C)=O. The van der Waals surface area contributed by atoms with Gasteiger partial charge in [-0.3, -0.25) is 19.4 Å². The molecule has 8 N–H and O–H groups in total. The number of carbonyl (C=O) groups is 3. The molecule has 12 heteroatoms. The number of carbonyl (C=O) groups excluding carboxylic acids is 3. The summed E-state index contributed by atoms with van der Waals surface area (Å²) < 4.78 is 12.6. The topological polar surface area (TPSA) is 186 Å². The maximum Gasteiger partial charge on any atom is 0.249 e. The lowest BCUT2D eigenvalue weighted by atomic mass is 10.0. The Morgan fingerprint density at radius 1 is 0.788 bits per heavy atom. The highest BCUT2D eigenvalue weighted by atomic mass is 16.5. The third-order valence-corrected chi connectivity index (χ3v) is 8.55. The second-order valence-electron chi connectivity index (χ2n) is 13.1. The van der Waals surface area contributed by atoms with Crippen LogP contribution in [0.2, 0.25) is 0 Å². The molecule has 278 valence electrons. The first kappa shape index (κ1) is 39.6. The molecule has 0 saturated carbocycles. The monoisotopic (exact) mass is 711 g/mol. The lowest BCUT2D eigenvalue weighted by Gasteiger charge is -2.26. The Bertz CT molecular complexity index is 1710. The summed E-state index contributed by atoms with van der Waals surface area (Å²) in [6.45, 7) is 6.35. The standard InChI is InChI=1S/C40H53N7O5/c1-4-43-38(49)37(24-33-23-31-13-8-9-15-35(31)46-33)51-25-32(14-10-20-44-40(41)42)47-39(50)36(22-29-11-6-5-7-12-29)52-26-34(45-28(3)48)21-30-18-16-27(2)17-19-30/h5-9,11-13,15-19,23,32,34,36-37,46H,4,10,14,20-22,24-26H2,1-3H3,(H,43,49)(H,45,48)(H,47,50)(H4,41,42,44)/t32-,34-,36+,37-/m0/s1. The highest BCUT2D eigenvalue weighted by Crippen LogP contribution is 2.18. The maximum absolute atomic E-state index is 14.1. The van der Waals surface area contributed by atoms with Gasteiger partial charge in [0.2, 0.25) is 17.7 Å². The van der Waals surface area contributed by atoms with Gasteiger partial charge in [-0.25, -0.2) is 0 Å². The Kier molecular flexibility index (Phi) is 15.7. The second-order valence-corrected chi connectivity index (χ2v) is 13.1. The van der Waals surface area contributed by atoms with Gasteiger partial charge in [-0.05, 0) is 61.8 Å². The molecule has 0 saturated heterocycles. The summed E-state index contributed by atoms with van der Waals surface area (Å²) in [5, 5.41) is 10.0. The average Bonchev–Trinajstić information content (AvgIpc) is 3.53. The first-order chi connectivity index (χ1) is 25.1. The van der Waals surface area contributed by atoms with Crippen LogP contribution in [-0.2, 0) is 43.1 Å². The fourth-order valence-electron chi connectivity index (χ4n) is 5.96. The minimum atomic E-state index is -0.873. The minimum Gasteiger partial charge on any atom is -0.370 e. The van der Waals surface area contributed by atoms with Crippen molar-refractivity contribution in [1.29, 1.82) is 0 Å². The molecule has 0 unspecified atom stereocenters. The molecule has 0 fully saturated rings. The molecule has 4 aromatic rings. The Morgan fingerprint density at radius 3 is 2.12 bits per heavy atom. The van der Waals surface area contributed by atoms with Crippen LogP contribution in [0.4, 0.5) is 0 Å². The van der Waals surface area contributed by atoms with E-state index < -0.39 is 18.2 Å². The number of likely N-dealkylation sites (N-methyl/N-ethyl adjacent to an activating group) is 1. The summed E-state index contributed by atoms with van der Waals surface area (Å²) in [6.07, 6.45) is 0.540. The van der Waals surface area contributed by atoms with E-state index in [0.29, 0.717) is 45.2 Å². The van der Waals surface area contributed by atoms with Gasteiger partial charge in [-0.1, -0.05) is 78.4 Å². The molecule has 0 bridgehead atoms. The predicted octanol–water partition coefficient (Wildman–Crippen LogP) is 3.45. The Balaban J connectivity index is 1.50. The highest BCUT2D eigenvalue weighted by molar-refractivity contribution is 5.83. The van der Waals surface area contributed by atoms with Gasteiger partial charge in [-0.15, -0.1) is 0 Å². The maximum atomic E-state index is 14.1. The smallest absolute Gasteiger partial charge is 0.249 e. The summed E-state index contributed by atoms with van der Waals surface area (Å²) in [4.78, 5) is 46.9. The van der Waals surface area contributed by atoms with Crippen LogP contribution in [0.5, 0.6) is 0 Å². The van der Waals surface area contributed by atoms with Crippen molar-refractivity contribution in [3.05, 3.63) is 107 Å². The van der Waals surface area contributed by atoms with Crippen molar-refractivity contribution >= 4 is 34.6 Å². The third-order valence-electron chi connectivity index (χ3n) is 8.55. The van der Waals surface area contributed by atoms with E-state index >= 15 is 0 Å². The van der Waals surface area contributed by atoms with Crippen LogP contribution >= 0.6 is 0 Å². The molecular formula is C40H53N7O5. The number of para-hydroxylation sites is 1. The molecular weight excluding hydrogens is 658 g/mol. The van der Waals surface area contributed by atoms with E-state index in [1.807, 2.05) is 98.8 Å². The van der Waals surface area contributed by atoms with Crippen molar-refractivity contribution in [3.8, 4) is 0 Å². The zero-order valence-electron chi connectivity index (χ0n) is 30.4. The number of aryl methyl sites for hydroxylation is 1. The van der Waals surface area contributed by atoms with Gasteiger partial charge in [0.1, 0.15) is 12.2 Å². The van der Waals surface area contributed by atoms with E-state index in [-0.39, 0.29) is 42.9 Å². The lowest BCUT2D eigenvalue weighted by Crippen LogP contribution is -2.48. The Morgan fingerprint density at radius 2 is 1.44 bits per heavy atom. The van der Waals surface area contributed by atoms with Crippen LogP contribution in [-0.4, -0.2) is 79.3 Å². The molecule has 1 aromatic heterocycles.